The molecule has 0 saturated heterocycles. The molecule has 0 aliphatic rings. The van der Waals surface area contributed by atoms with Crippen LogP contribution in [0.2, 0.25) is 0 Å². The summed E-state index contributed by atoms with van der Waals surface area (Å²) in [5.41, 5.74) is 13.8. The molecular formula is C18H33Br9N6O8P2. The third-order valence-electron chi connectivity index (χ3n) is 4.73. The summed E-state index contributed by atoms with van der Waals surface area (Å²) in [5, 5.41) is 1.62. The lowest BCUT2D eigenvalue weighted by Gasteiger charge is -2.44. The van der Waals surface area contributed by atoms with E-state index in [-0.39, 0.29) is 17.8 Å². The molecule has 0 bridgehead atoms. The molecule has 0 aliphatic carbocycles. The maximum atomic E-state index is 14.1. The van der Waals surface area contributed by atoms with E-state index in [0.717, 1.165) is 0 Å². The average Bonchev–Trinajstić information content (AvgIpc) is 2.75. The molecule has 0 atom stereocenters. The van der Waals surface area contributed by atoms with Gasteiger partial charge >= 0.3 is 15.6 Å². The summed E-state index contributed by atoms with van der Waals surface area (Å²) in [5.74, 6) is 0.125. The first-order valence-electron chi connectivity index (χ1n) is 11.1. The fraction of sp³-hybridized carbons (Fsp3) is 0.833. The van der Waals surface area contributed by atoms with E-state index in [4.69, 9.17) is 50.0 Å². The molecule has 0 aliphatic heterocycles. The monoisotopic (exact) mass is 1230 g/mol. The zero-order valence-electron chi connectivity index (χ0n) is 23.4. The maximum Gasteiger partial charge on any atom is 0.481 e. The quantitative estimate of drug-likeness (QED) is 0.0851. The van der Waals surface area contributed by atoms with E-state index in [9.17, 15) is 4.57 Å². The Kier molecular flexibility index (Phi) is 20.4. The number of hydrogen-bond acceptors (Lipinski definition) is 11. The Hall–Kier alpha value is 2.95. The molecule has 9 N–H and O–H groups in total. The summed E-state index contributed by atoms with van der Waals surface area (Å²) < 4.78 is 37.2. The van der Waals surface area contributed by atoms with Crippen LogP contribution in [-0.4, -0.2) is 55.9 Å². The molecule has 0 saturated carbocycles. The predicted molar refractivity (Wildman–Crippen MR) is 203 cm³/mol. The van der Waals surface area contributed by atoms with E-state index in [1.54, 1.807) is 0 Å². The van der Waals surface area contributed by atoms with E-state index >= 15 is 0 Å². The van der Waals surface area contributed by atoms with E-state index in [1.165, 1.54) is 0 Å². The predicted octanol–water partition coefficient (Wildman–Crippen LogP) is 8.43. The Morgan fingerprint density at radius 1 is 0.581 bits per heavy atom. The van der Waals surface area contributed by atoms with Crippen molar-refractivity contribution in [3.8, 4) is 0 Å². The van der Waals surface area contributed by atoms with Gasteiger partial charge in [0.1, 0.15) is 0 Å². The molecular weight excluding hydrogens is 1210 g/mol. The van der Waals surface area contributed by atoms with Crippen molar-refractivity contribution >= 4 is 177 Å². The van der Waals surface area contributed by atoms with Gasteiger partial charge in [0.25, 0.3) is 0 Å². The smallest absolute Gasteiger partial charge is 0.368 e. The molecule has 256 valence electrons. The van der Waals surface area contributed by atoms with Crippen LogP contribution >= 0.6 is 159 Å². The number of aromatic nitrogens is 3. The van der Waals surface area contributed by atoms with Crippen LogP contribution < -0.4 is 17.2 Å². The molecule has 0 radical (unpaired) electrons. The largest absolute Gasteiger partial charge is 0.481 e. The Bertz CT molecular complexity index is 1010. The van der Waals surface area contributed by atoms with Crippen molar-refractivity contribution in [2.75, 3.05) is 33.2 Å². The van der Waals surface area contributed by atoms with E-state index in [2.05, 4.69) is 158 Å². The van der Waals surface area contributed by atoms with Crippen molar-refractivity contribution in [3.05, 3.63) is 0 Å². The summed E-state index contributed by atoms with van der Waals surface area (Å²) >= 11 is 31.4. The Labute approximate surface area is 326 Å². The Morgan fingerprint density at radius 2 is 0.744 bits per heavy atom. The lowest BCUT2D eigenvalue weighted by atomic mass is 9.98. The number of phosphoric acid groups is 2. The number of rotatable bonds is 12. The first kappa shape index (κ1) is 48.1. The number of alkyl halides is 9. The second-order valence-electron chi connectivity index (χ2n) is 10.2. The zero-order valence-corrected chi connectivity index (χ0v) is 39.4. The van der Waals surface area contributed by atoms with E-state index in [1.807, 2.05) is 41.5 Å². The molecule has 14 nitrogen and oxygen atoms in total. The first-order valence-corrected chi connectivity index (χ1v) is 22.2. The number of nitrogen functional groups attached to an aromatic ring is 3. The fourth-order valence-electron chi connectivity index (χ4n) is 1.51. The average molecular weight is 1240 g/mol. The minimum absolute atomic E-state index is 0.0417. The molecule has 1 aromatic heterocycles. The van der Waals surface area contributed by atoms with Gasteiger partial charge in [-0.3, -0.25) is 13.6 Å². The van der Waals surface area contributed by atoms with Gasteiger partial charge in [-0.25, -0.2) is 9.13 Å². The highest BCUT2D eigenvalue weighted by Crippen LogP contribution is 2.69. The maximum absolute atomic E-state index is 14.1. The van der Waals surface area contributed by atoms with E-state index < -0.39 is 42.1 Å². The van der Waals surface area contributed by atoms with Gasteiger partial charge in [0.05, 0.1) is 0 Å². The molecule has 1 heterocycles. The van der Waals surface area contributed by atoms with Crippen molar-refractivity contribution in [2.24, 2.45) is 16.2 Å². The highest BCUT2D eigenvalue weighted by atomic mass is 79.9. The standard InChI is InChI=1S/C15H24Br9O4P.C3H6N6.H3O4P/c1-10(2,7-16)13(19,20)26-29(25,27-14(21,22)11(3,4)8-17)28-15(23,24)12(5,6)9-18;4-1-7-2(5)9-3(6)8-1;1-5(2,3)4/h7-9H2,1-6H3;(H6,4,5,6,7,8,9);(H3,1,2,3,4). The zero-order chi connectivity index (χ0) is 35.1. The van der Waals surface area contributed by atoms with Gasteiger partial charge in [0, 0.05) is 32.2 Å². The number of anilines is 3. The molecule has 0 spiro atoms. The summed E-state index contributed by atoms with van der Waals surface area (Å²) in [6.45, 7) is 11.5. The van der Waals surface area contributed by atoms with Crippen LogP contribution in [0.25, 0.3) is 0 Å². The number of phosphoric ester groups is 1. The normalized spacial score (nSPS) is 13.9. The van der Waals surface area contributed by atoms with Gasteiger partial charge in [0.2, 0.25) is 17.8 Å². The molecule has 43 heavy (non-hydrogen) atoms. The minimum atomic E-state index is -4.64. The SMILES string of the molecule is CC(C)(CBr)C(Br)(Br)OP(=O)(OC(Br)(Br)C(C)(C)CBr)OC(Br)(Br)C(C)(C)CBr.Nc1nc(N)nc(N)n1.O=P(O)(O)O. The second-order valence-corrected chi connectivity index (χ2v) is 24.3. The van der Waals surface area contributed by atoms with Gasteiger partial charge < -0.3 is 31.9 Å². The topological polar surface area (TPSA) is 239 Å². The van der Waals surface area contributed by atoms with E-state index in [0.29, 0.717) is 16.0 Å². The van der Waals surface area contributed by atoms with Crippen LogP contribution in [0.3, 0.4) is 0 Å². The summed E-state index contributed by atoms with van der Waals surface area (Å²) in [6.07, 6.45) is 0. The molecule has 0 aromatic carbocycles. The highest BCUT2D eigenvalue weighted by Gasteiger charge is 2.57. The third-order valence-corrected chi connectivity index (χ3v) is 19.3. The van der Waals surface area contributed by atoms with Crippen LogP contribution in [-0.2, 0) is 22.7 Å². The summed E-state index contributed by atoms with van der Waals surface area (Å²) in [4.78, 5) is 32.0. The van der Waals surface area contributed by atoms with Crippen molar-refractivity contribution in [2.45, 2.75) is 51.8 Å². The van der Waals surface area contributed by atoms with Crippen molar-refractivity contribution in [1.29, 1.82) is 0 Å². The molecule has 25 heteroatoms. The van der Waals surface area contributed by atoms with Crippen LogP contribution in [0.4, 0.5) is 17.8 Å². The fourth-order valence-corrected chi connectivity index (χ4v) is 10.7. The molecule has 0 fully saturated rings. The number of halogens is 9. The summed E-state index contributed by atoms with van der Waals surface area (Å²) in [6, 6.07) is 0. The van der Waals surface area contributed by atoms with Crippen molar-refractivity contribution < 1.29 is 37.4 Å². The lowest BCUT2D eigenvalue weighted by Crippen LogP contribution is -2.43. The van der Waals surface area contributed by atoms with Crippen LogP contribution in [0, 0.1) is 16.2 Å². The first-order chi connectivity index (χ1) is 18.7. The van der Waals surface area contributed by atoms with Crippen LogP contribution in [0.15, 0.2) is 0 Å². The van der Waals surface area contributed by atoms with Crippen LogP contribution in [0.1, 0.15) is 41.5 Å². The molecule has 0 amide bonds. The Balaban J connectivity index is 0. The Morgan fingerprint density at radius 3 is 0.884 bits per heavy atom. The molecule has 1 rings (SSSR count). The highest BCUT2D eigenvalue weighted by molar-refractivity contribution is 9.26. The molecule has 0 unspecified atom stereocenters. The van der Waals surface area contributed by atoms with Gasteiger partial charge in [-0.1, -0.05) is 89.3 Å². The van der Waals surface area contributed by atoms with Crippen LogP contribution in [0.5, 0.6) is 0 Å². The second kappa shape index (κ2) is 18.3. The van der Waals surface area contributed by atoms with Gasteiger partial charge in [-0.05, 0) is 95.6 Å². The van der Waals surface area contributed by atoms with Crippen molar-refractivity contribution in [1.82, 2.24) is 15.0 Å². The number of nitrogens with two attached hydrogens (primary N) is 3. The molecule has 1 aromatic rings. The van der Waals surface area contributed by atoms with Crippen molar-refractivity contribution in [3.63, 3.8) is 0 Å². The third kappa shape index (κ3) is 17.4. The lowest BCUT2D eigenvalue weighted by molar-refractivity contribution is 0.00988. The minimum Gasteiger partial charge on any atom is -0.368 e. The number of nitrogens with zero attached hydrogens (tertiary/aromatic N) is 3. The van der Waals surface area contributed by atoms with Gasteiger partial charge in [0.15, 0.2) is 10.3 Å². The van der Waals surface area contributed by atoms with Gasteiger partial charge in [-0.15, -0.1) is 0 Å². The number of hydrogen-bond donors (Lipinski definition) is 6. The summed E-state index contributed by atoms with van der Waals surface area (Å²) in [7, 11) is -8.90. The van der Waals surface area contributed by atoms with Gasteiger partial charge in [-0.2, -0.15) is 15.0 Å².